The van der Waals surface area contributed by atoms with Gasteiger partial charge in [0, 0.05) is 0 Å². The molecule has 3 heteroatoms. The zero-order chi connectivity index (χ0) is 15.3. The van der Waals surface area contributed by atoms with Crippen LogP contribution in [0.4, 0.5) is 0 Å². The van der Waals surface area contributed by atoms with E-state index >= 15 is 0 Å². The van der Waals surface area contributed by atoms with Crippen molar-refractivity contribution in [3.63, 3.8) is 0 Å². The average molecular weight is 289 g/mol. The van der Waals surface area contributed by atoms with Gasteiger partial charge in [0.25, 0.3) is 0 Å². The molecule has 1 saturated heterocycles. The normalized spacial score (nSPS) is 20.0. The summed E-state index contributed by atoms with van der Waals surface area (Å²) in [5, 5.41) is 9.53. The first-order chi connectivity index (χ1) is 10.1. The molecule has 21 heavy (non-hydrogen) atoms. The summed E-state index contributed by atoms with van der Waals surface area (Å²) in [7, 11) is 0. The first-order valence-electron chi connectivity index (χ1n) is 8.09. The van der Waals surface area contributed by atoms with Crippen molar-refractivity contribution in [2.75, 3.05) is 13.1 Å². The van der Waals surface area contributed by atoms with Crippen LogP contribution in [0.15, 0.2) is 30.3 Å². The van der Waals surface area contributed by atoms with Crippen LogP contribution in [-0.2, 0) is 10.3 Å². The molecule has 0 amide bonds. The molecule has 1 heterocycles. The van der Waals surface area contributed by atoms with E-state index in [1.54, 1.807) is 0 Å². The van der Waals surface area contributed by atoms with E-state index in [0.717, 1.165) is 18.7 Å². The van der Waals surface area contributed by atoms with Gasteiger partial charge in [0.15, 0.2) is 0 Å². The van der Waals surface area contributed by atoms with E-state index in [1.165, 1.54) is 25.7 Å². The number of carbonyl (C=O) groups is 1. The molecular weight excluding hydrogens is 262 g/mol. The second-order valence-corrected chi connectivity index (χ2v) is 6.42. The molecule has 0 spiro atoms. The molecule has 1 fully saturated rings. The second-order valence-electron chi connectivity index (χ2n) is 6.42. The summed E-state index contributed by atoms with van der Waals surface area (Å²) < 4.78 is 0. The predicted molar refractivity (Wildman–Crippen MR) is 85.3 cm³/mol. The standard InChI is InChI=1S/C18H27NO2/c1-15(2)18(14-17(20)21,16-10-6-5-7-11-16)19-12-8-3-4-9-13-19/h5-7,10-11,15H,3-4,8-9,12-14H2,1-2H3,(H,20,21). The van der Waals surface area contributed by atoms with E-state index in [9.17, 15) is 9.90 Å². The molecule has 3 nitrogen and oxygen atoms in total. The van der Waals surface area contributed by atoms with Gasteiger partial charge in [0.2, 0.25) is 0 Å². The molecule has 1 atom stereocenters. The van der Waals surface area contributed by atoms with Crippen molar-refractivity contribution < 1.29 is 9.90 Å². The number of likely N-dealkylation sites (tertiary alicyclic amines) is 1. The van der Waals surface area contributed by atoms with E-state index in [0.29, 0.717) is 0 Å². The highest BCUT2D eigenvalue weighted by atomic mass is 16.4. The first-order valence-corrected chi connectivity index (χ1v) is 8.09. The number of carboxylic acid groups (broad SMARTS) is 1. The Morgan fingerprint density at radius 2 is 1.71 bits per heavy atom. The fourth-order valence-electron chi connectivity index (χ4n) is 3.73. The van der Waals surface area contributed by atoms with Crippen molar-refractivity contribution >= 4 is 5.97 Å². The van der Waals surface area contributed by atoms with E-state index < -0.39 is 11.5 Å². The summed E-state index contributed by atoms with van der Waals surface area (Å²) in [4.78, 5) is 14.0. The maximum absolute atomic E-state index is 11.6. The molecule has 0 saturated carbocycles. The van der Waals surface area contributed by atoms with Gasteiger partial charge in [-0.3, -0.25) is 9.69 Å². The van der Waals surface area contributed by atoms with Gasteiger partial charge in [-0.15, -0.1) is 0 Å². The third-order valence-electron chi connectivity index (χ3n) is 4.82. The number of benzene rings is 1. The monoisotopic (exact) mass is 289 g/mol. The molecule has 0 radical (unpaired) electrons. The van der Waals surface area contributed by atoms with Crippen molar-refractivity contribution in [2.24, 2.45) is 5.92 Å². The minimum Gasteiger partial charge on any atom is -0.481 e. The van der Waals surface area contributed by atoms with Crippen molar-refractivity contribution in [3.8, 4) is 0 Å². The van der Waals surface area contributed by atoms with Crippen LogP contribution < -0.4 is 0 Å². The molecule has 0 aromatic heterocycles. The van der Waals surface area contributed by atoms with Crippen LogP contribution in [0.2, 0.25) is 0 Å². The maximum atomic E-state index is 11.6. The summed E-state index contributed by atoms with van der Waals surface area (Å²) >= 11 is 0. The Kier molecular flexibility index (Phi) is 5.40. The Bertz CT molecular complexity index is 450. The lowest BCUT2D eigenvalue weighted by molar-refractivity contribution is -0.142. The summed E-state index contributed by atoms with van der Waals surface area (Å²) in [6, 6.07) is 10.2. The van der Waals surface area contributed by atoms with Crippen LogP contribution >= 0.6 is 0 Å². The molecule has 1 aromatic carbocycles. The van der Waals surface area contributed by atoms with Gasteiger partial charge in [-0.1, -0.05) is 57.0 Å². The lowest BCUT2D eigenvalue weighted by Gasteiger charge is -2.46. The number of nitrogens with zero attached hydrogens (tertiary/aromatic N) is 1. The number of hydrogen-bond donors (Lipinski definition) is 1. The van der Waals surface area contributed by atoms with E-state index in [-0.39, 0.29) is 12.3 Å². The van der Waals surface area contributed by atoms with Crippen LogP contribution in [0, 0.1) is 5.92 Å². The van der Waals surface area contributed by atoms with Crippen LogP contribution in [0.1, 0.15) is 51.5 Å². The van der Waals surface area contributed by atoms with Crippen molar-refractivity contribution in [3.05, 3.63) is 35.9 Å². The molecule has 2 rings (SSSR count). The van der Waals surface area contributed by atoms with Crippen molar-refractivity contribution in [1.29, 1.82) is 0 Å². The second kappa shape index (κ2) is 7.08. The van der Waals surface area contributed by atoms with Crippen molar-refractivity contribution in [2.45, 2.75) is 51.5 Å². The lowest BCUT2D eigenvalue weighted by Crippen LogP contribution is -2.51. The molecule has 1 N–H and O–H groups in total. The molecule has 0 aliphatic carbocycles. The van der Waals surface area contributed by atoms with Crippen LogP contribution in [-0.4, -0.2) is 29.1 Å². The topological polar surface area (TPSA) is 40.5 Å². The third-order valence-corrected chi connectivity index (χ3v) is 4.82. The number of aliphatic carboxylic acids is 1. The van der Waals surface area contributed by atoms with Gasteiger partial charge < -0.3 is 5.11 Å². The highest BCUT2D eigenvalue weighted by Crippen LogP contribution is 2.40. The highest BCUT2D eigenvalue weighted by molar-refractivity contribution is 5.69. The Morgan fingerprint density at radius 1 is 1.14 bits per heavy atom. The minimum absolute atomic E-state index is 0.175. The summed E-state index contributed by atoms with van der Waals surface area (Å²) in [5.74, 6) is -0.453. The maximum Gasteiger partial charge on any atom is 0.305 e. The Hall–Kier alpha value is -1.35. The molecule has 1 unspecified atom stereocenters. The lowest BCUT2D eigenvalue weighted by atomic mass is 9.75. The van der Waals surface area contributed by atoms with Gasteiger partial charge in [0.05, 0.1) is 12.0 Å². The Balaban J connectivity index is 2.46. The fraction of sp³-hybridized carbons (Fsp3) is 0.611. The molecule has 1 aliphatic heterocycles. The first kappa shape index (κ1) is 16.0. The zero-order valence-electron chi connectivity index (χ0n) is 13.2. The zero-order valence-corrected chi connectivity index (χ0v) is 13.2. The largest absolute Gasteiger partial charge is 0.481 e. The molecular formula is C18H27NO2. The smallest absolute Gasteiger partial charge is 0.305 e. The predicted octanol–water partition coefficient (Wildman–Crippen LogP) is 3.89. The van der Waals surface area contributed by atoms with Crippen molar-refractivity contribution in [1.82, 2.24) is 4.90 Å². The van der Waals surface area contributed by atoms with Gasteiger partial charge in [-0.05, 0) is 37.4 Å². The third kappa shape index (κ3) is 3.46. The number of hydrogen-bond acceptors (Lipinski definition) is 2. The fourth-order valence-corrected chi connectivity index (χ4v) is 3.73. The van der Waals surface area contributed by atoms with E-state index in [1.807, 2.05) is 18.2 Å². The van der Waals surface area contributed by atoms with E-state index in [2.05, 4.69) is 30.9 Å². The average Bonchev–Trinajstić information content (AvgIpc) is 2.74. The molecule has 1 aliphatic rings. The minimum atomic E-state index is -0.711. The number of rotatable bonds is 5. The van der Waals surface area contributed by atoms with Gasteiger partial charge in [0.1, 0.15) is 0 Å². The van der Waals surface area contributed by atoms with Crippen LogP contribution in [0.3, 0.4) is 0 Å². The Labute approximate surface area is 128 Å². The summed E-state index contributed by atoms with van der Waals surface area (Å²) in [6.07, 6.45) is 5.02. The van der Waals surface area contributed by atoms with E-state index in [4.69, 9.17) is 0 Å². The van der Waals surface area contributed by atoms with Crippen LogP contribution in [0.5, 0.6) is 0 Å². The number of carboxylic acids is 1. The molecule has 116 valence electrons. The van der Waals surface area contributed by atoms with Gasteiger partial charge >= 0.3 is 5.97 Å². The SMILES string of the molecule is CC(C)C(CC(=O)O)(c1ccccc1)N1CCCCCC1. The highest BCUT2D eigenvalue weighted by Gasteiger charge is 2.43. The molecule has 1 aromatic rings. The summed E-state index contributed by atoms with van der Waals surface area (Å²) in [5.41, 5.74) is 0.751. The van der Waals surface area contributed by atoms with Gasteiger partial charge in [-0.2, -0.15) is 0 Å². The Morgan fingerprint density at radius 3 is 2.19 bits per heavy atom. The van der Waals surface area contributed by atoms with Crippen LogP contribution in [0.25, 0.3) is 0 Å². The summed E-state index contributed by atoms with van der Waals surface area (Å²) in [6.45, 7) is 6.31. The molecule has 0 bridgehead atoms. The van der Waals surface area contributed by atoms with Gasteiger partial charge in [-0.25, -0.2) is 0 Å². The quantitative estimate of drug-likeness (QED) is 0.894.